The Balaban J connectivity index is 2.36. The molecule has 0 bridgehead atoms. The second-order valence-electron chi connectivity index (χ2n) is 3.37. The highest BCUT2D eigenvalue weighted by molar-refractivity contribution is 5.95. The lowest BCUT2D eigenvalue weighted by Gasteiger charge is -2.02. The molecule has 2 aromatic rings. The minimum Gasteiger partial charge on any atom is -0.461 e. The third kappa shape index (κ3) is 2.33. The van der Waals surface area contributed by atoms with E-state index in [2.05, 4.69) is 10.2 Å². The molecule has 0 amide bonds. The van der Waals surface area contributed by atoms with Crippen molar-refractivity contribution in [3.8, 4) is 11.1 Å². The van der Waals surface area contributed by atoms with Crippen LogP contribution in [0, 0.1) is 5.82 Å². The summed E-state index contributed by atoms with van der Waals surface area (Å²) in [6.07, 6.45) is 1.58. The smallest absolute Gasteiger partial charge is 0.359 e. The molecule has 4 nitrogen and oxygen atoms in total. The first-order valence-electron chi connectivity index (χ1n) is 5.19. The summed E-state index contributed by atoms with van der Waals surface area (Å²) in [4.78, 5) is 11.6. The van der Waals surface area contributed by atoms with Gasteiger partial charge in [0.1, 0.15) is 5.82 Å². The maximum atomic E-state index is 12.8. The van der Waals surface area contributed by atoms with Crippen molar-refractivity contribution in [2.75, 3.05) is 6.61 Å². The number of carbonyl (C=O) groups excluding carboxylic acids is 1. The lowest BCUT2D eigenvalue weighted by molar-refractivity contribution is 0.0520. The van der Waals surface area contributed by atoms with Gasteiger partial charge in [-0.1, -0.05) is 12.1 Å². The van der Waals surface area contributed by atoms with Gasteiger partial charge in [-0.2, -0.15) is 5.10 Å². The van der Waals surface area contributed by atoms with Gasteiger partial charge in [-0.3, -0.25) is 5.10 Å². The van der Waals surface area contributed by atoms with Gasteiger partial charge in [0.2, 0.25) is 0 Å². The number of hydrogen-bond acceptors (Lipinski definition) is 3. The van der Waals surface area contributed by atoms with Gasteiger partial charge in [-0.05, 0) is 24.6 Å². The van der Waals surface area contributed by atoms with Gasteiger partial charge >= 0.3 is 5.97 Å². The first-order valence-corrected chi connectivity index (χ1v) is 5.19. The number of nitrogens with zero attached hydrogens (tertiary/aromatic N) is 1. The number of aromatic nitrogens is 2. The summed E-state index contributed by atoms with van der Waals surface area (Å²) in [7, 11) is 0. The fourth-order valence-corrected chi connectivity index (χ4v) is 1.49. The van der Waals surface area contributed by atoms with Crippen molar-refractivity contribution in [2.24, 2.45) is 0 Å². The quantitative estimate of drug-likeness (QED) is 0.829. The molecule has 0 aliphatic heterocycles. The molecule has 17 heavy (non-hydrogen) atoms. The molecule has 0 spiro atoms. The number of rotatable bonds is 3. The zero-order valence-corrected chi connectivity index (χ0v) is 9.24. The lowest BCUT2D eigenvalue weighted by Crippen LogP contribution is -2.06. The SMILES string of the molecule is CCOC(=O)c1n[nH]cc1-c1ccc(F)cc1. The zero-order valence-electron chi connectivity index (χ0n) is 9.24. The van der Waals surface area contributed by atoms with Gasteiger partial charge in [0.15, 0.2) is 5.69 Å². The van der Waals surface area contributed by atoms with Crippen LogP contribution in [0.5, 0.6) is 0 Å². The molecule has 1 aromatic heterocycles. The molecule has 0 aliphatic carbocycles. The average Bonchev–Trinajstić information content (AvgIpc) is 2.79. The van der Waals surface area contributed by atoms with E-state index in [-0.39, 0.29) is 18.1 Å². The Kier molecular flexibility index (Phi) is 3.18. The standard InChI is InChI=1S/C12H11FN2O2/c1-2-17-12(16)11-10(7-14-15-11)8-3-5-9(13)6-4-8/h3-7H,2H2,1H3,(H,14,15). The highest BCUT2D eigenvalue weighted by Crippen LogP contribution is 2.22. The fraction of sp³-hybridized carbons (Fsp3) is 0.167. The number of nitrogens with one attached hydrogen (secondary N) is 1. The van der Waals surface area contributed by atoms with E-state index < -0.39 is 5.97 Å². The minimum atomic E-state index is -0.493. The van der Waals surface area contributed by atoms with Crippen LogP contribution >= 0.6 is 0 Å². The van der Waals surface area contributed by atoms with E-state index >= 15 is 0 Å². The first kappa shape index (κ1) is 11.3. The summed E-state index contributed by atoms with van der Waals surface area (Å²) < 4.78 is 17.7. The van der Waals surface area contributed by atoms with Crippen LogP contribution in [0.4, 0.5) is 4.39 Å². The van der Waals surface area contributed by atoms with Gasteiger partial charge < -0.3 is 4.74 Å². The van der Waals surface area contributed by atoms with Crippen LogP contribution in [0.15, 0.2) is 30.5 Å². The molecule has 5 heteroatoms. The molecule has 0 atom stereocenters. The number of carbonyl (C=O) groups is 1. The number of halogens is 1. The number of benzene rings is 1. The molecule has 1 heterocycles. The Morgan fingerprint density at radius 1 is 1.41 bits per heavy atom. The minimum absolute atomic E-state index is 0.207. The van der Waals surface area contributed by atoms with Crippen molar-refractivity contribution in [1.82, 2.24) is 10.2 Å². The van der Waals surface area contributed by atoms with Crippen LogP contribution in [0.2, 0.25) is 0 Å². The molecular weight excluding hydrogens is 223 g/mol. The molecule has 0 unspecified atom stereocenters. The molecule has 0 saturated heterocycles. The van der Waals surface area contributed by atoms with Gasteiger partial charge in [-0.15, -0.1) is 0 Å². The van der Waals surface area contributed by atoms with E-state index in [1.807, 2.05) is 0 Å². The summed E-state index contributed by atoms with van der Waals surface area (Å²) in [5.74, 6) is -0.817. The van der Waals surface area contributed by atoms with E-state index in [0.717, 1.165) is 0 Å². The number of aromatic amines is 1. The third-order valence-electron chi connectivity index (χ3n) is 2.26. The van der Waals surface area contributed by atoms with Crippen molar-refractivity contribution < 1.29 is 13.9 Å². The maximum Gasteiger partial charge on any atom is 0.359 e. The molecule has 1 aromatic carbocycles. The van der Waals surface area contributed by atoms with Gasteiger partial charge in [0.05, 0.1) is 6.61 Å². The van der Waals surface area contributed by atoms with Crippen LogP contribution < -0.4 is 0 Å². The zero-order chi connectivity index (χ0) is 12.3. The Bertz CT molecular complexity index is 520. The van der Waals surface area contributed by atoms with Gasteiger partial charge in [0, 0.05) is 11.8 Å². The summed E-state index contributed by atoms with van der Waals surface area (Å²) in [5.41, 5.74) is 1.52. The molecule has 0 aliphatic rings. The third-order valence-corrected chi connectivity index (χ3v) is 2.26. The number of ether oxygens (including phenoxy) is 1. The molecule has 88 valence electrons. The Morgan fingerprint density at radius 2 is 2.12 bits per heavy atom. The van der Waals surface area contributed by atoms with Crippen molar-refractivity contribution >= 4 is 5.97 Å². The Labute approximate surface area is 97.4 Å². The highest BCUT2D eigenvalue weighted by atomic mass is 19.1. The topological polar surface area (TPSA) is 55.0 Å². The molecule has 2 rings (SSSR count). The summed E-state index contributed by atoms with van der Waals surface area (Å²) in [5, 5.41) is 6.45. The first-order chi connectivity index (χ1) is 8.22. The Hall–Kier alpha value is -2.17. The average molecular weight is 234 g/mol. The number of hydrogen-bond donors (Lipinski definition) is 1. The second-order valence-corrected chi connectivity index (χ2v) is 3.37. The fourth-order valence-electron chi connectivity index (χ4n) is 1.49. The molecule has 1 N–H and O–H groups in total. The maximum absolute atomic E-state index is 12.8. The predicted octanol–water partition coefficient (Wildman–Crippen LogP) is 2.39. The highest BCUT2D eigenvalue weighted by Gasteiger charge is 2.16. The van der Waals surface area contributed by atoms with E-state index in [4.69, 9.17) is 4.74 Å². The summed E-state index contributed by atoms with van der Waals surface area (Å²) in [6.45, 7) is 2.01. The van der Waals surface area contributed by atoms with Crippen LogP contribution in [0.25, 0.3) is 11.1 Å². The summed E-state index contributed by atoms with van der Waals surface area (Å²) >= 11 is 0. The van der Waals surface area contributed by atoms with Crippen molar-refractivity contribution in [3.63, 3.8) is 0 Å². The van der Waals surface area contributed by atoms with E-state index in [1.54, 1.807) is 25.3 Å². The number of H-pyrrole nitrogens is 1. The predicted molar refractivity (Wildman–Crippen MR) is 59.9 cm³/mol. The van der Waals surface area contributed by atoms with E-state index in [1.165, 1.54) is 12.1 Å². The van der Waals surface area contributed by atoms with Crippen LogP contribution in [0.1, 0.15) is 17.4 Å². The molecule has 0 saturated carbocycles. The number of esters is 1. The molecular formula is C12H11FN2O2. The van der Waals surface area contributed by atoms with E-state index in [9.17, 15) is 9.18 Å². The Morgan fingerprint density at radius 3 is 2.76 bits per heavy atom. The van der Waals surface area contributed by atoms with Crippen molar-refractivity contribution in [3.05, 3.63) is 42.0 Å². The van der Waals surface area contributed by atoms with Crippen LogP contribution in [-0.2, 0) is 4.74 Å². The normalized spacial score (nSPS) is 10.2. The second kappa shape index (κ2) is 4.78. The lowest BCUT2D eigenvalue weighted by atomic mass is 10.1. The monoisotopic (exact) mass is 234 g/mol. The van der Waals surface area contributed by atoms with Crippen LogP contribution in [-0.4, -0.2) is 22.8 Å². The van der Waals surface area contributed by atoms with Crippen LogP contribution in [0.3, 0.4) is 0 Å². The molecule has 0 radical (unpaired) electrons. The van der Waals surface area contributed by atoms with Crippen molar-refractivity contribution in [1.29, 1.82) is 0 Å². The van der Waals surface area contributed by atoms with Crippen molar-refractivity contribution in [2.45, 2.75) is 6.92 Å². The van der Waals surface area contributed by atoms with Gasteiger partial charge in [-0.25, -0.2) is 9.18 Å². The summed E-state index contributed by atoms with van der Waals surface area (Å²) in [6, 6.07) is 5.83. The van der Waals surface area contributed by atoms with E-state index in [0.29, 0.717) is 11.1 Å². The van der Waals surface area contributed by atoms with Gasteiger partial charge in [0.25, 0.3) is 0 Å². The largest absolute Gasteiger partial charge is 0.461 e. The molecule has 0 fully saturated rings.